The maximum absolute atomic E-state index is 5.84. The van der Waals surface area contributed by atoms with E-state index >= 15 is 0 Å². The van der Waals surface area contributed by atoms with Gasteiger partial charge in [0.05, 0.1) is 0 Å². The van der Waals surface area contributed by atoms with Crippen LogP contribution >= 0.6 is 0 Å². The maximum atomic E-state index is 5.84. The fourth-order valence-corrected chi connectivity index (χ4v) is 1.57. The fourth-order valence-electron chi connectivity index (χ4n) is 1.57. The van der Waals surface area contributed by atoms with Gasteiger partial charge in [-0.2, -0.15) is 0 Å². The van der Waals surface area contributed by atoms with Gasteiger partial charge in [-0.05, 0) is 12.8 Å². The molecule has 0 aromatic carbocycles. The van der Waals surface area contributed by atoms with E-state index in [2.05, 4.69) is 13.8 Å². The lowest BCUT2D eigenvalue weighted by Crippen LogP contribution is -2.17. The third-order valence-corrected chi connectivity index (χ3v) is 2.70. The van der Waals surface area contributed by atoms with Crippen molar-refractivity contribution in [2.45, 2.75) is 77.7 Å². The van der Waals surface area contributed by atoms with Crippen molar-refractivity contribution in [3.05, 3.63) is 0 Å². The van der Waals surface area contributed by atoms with Crippen molar-refractivity contribution < 1.29 is 0 Å². The second-order valence-electron chi connectivity index (χ2n) is 4.08. The molecule has 1 heteroatoms. The minimum absolute atomic E-state index is 0.454. The van der Waals surface area contributed by atoms with Gasteiger partial charge in [-0.1, -0.05) is 58.8 Å². The van der Waals surface area contributed by atoms with Crippen LogP contribution in [0.25, 0.3) is 0 Å². The molecule has 2 N–H and O–H groups in total. The summed E-state index contributed by atoms with van der Waals surface area (Å²) in [4.78, 5) is 0. The first-order valence-electron chi connectivity index (χ1n) is 6.06. The van der Waals surface area contributed by atoms with Crippen molar-refractivity contribution in [1.82, 2.24) is 0 Å². The molecule has 0 aliphatic rings. The van der Waals surface area contributed by atoms with E-state index in [0.29, 0.717) is 6.04 Å². The van der Waals surface area contributed by atoms with E-state index in [4.69, 9.17) is 5.73 Å². The molecule has 0 radical (unpaired) electrons. The Morgan fingerprint density at radius 1 is 0.846 bits per heavy atom. The summed E-state index contributed by atoms with van der Waals surface area (Å²) in [5.41, 5.74) is 5.84. The van der Waals surface area contributed by atoms with Gasteiger partial charge in [0.25, 0.3) is 0 Å². The molecule has 0 rings (SSSR count). The molecule has 0 amide bonds. The molecule has 0 saturated heterocycles. The third-order valence-electron chi connectivity index (χ3n) is 2.70. The standard InChI is InChI=1S/C12H27N/c1-3-5-6-7-8-9-10-11-12(13)4-2/h12H,3-11,13H2,1-2H3. The van der Waals surface area contributed by atoms with E-state index in [1.54, 1.807) is 0 Å². The summed E-state index contributed by atoms with van der Waals surface area (Å²) in [6, 6.07) is 0.454. The minimum atomic E-state index is 0.454. The lowest BCUT2D eigenvalue weighted by atomic mass is 10.0. The zero-order valence-electron chi connectivity index (χ0n) is 9.52. The molecule has 1 nitrogen and oxygen atoms in total. The molecule has 0 bridgehead atoms. The number of rotatable bonds is 9. The van der Waals surface area contributed by atoms with Crippen LogP contribution in [0.15, 0.2) is 0 Å². The summed E-state index contributed by atoms with van der Waals surface area (Å²) in [6.45, 7) is 4.44. The van der Waals surface area contributed by atoms with Crippen LogP contribution in [0.2, 0.25) is 0 Å². The molecule has 0 heterocycles. The Kier molecular flexibility index (Phi) is 10.0. The van der Waals surface area contributed by atoms with Crippen molar-refractivity contribution in [3.8, 4) is 0 Å². The average molecular weight is 185 g/mol. The highest BCUT2D eigenvalue weighted by molar-refractivity contribution is 4.57. The van der Waals surface area contributed by atoms with Gasteiger partial charge in [0, 0.05) is 6.04 Å². The summed E-state index contributed by atoms with van der Waals surface area (Å²) in [5, 5.41) is 0. The smallest absolute Gasteiger partial charge is 0.00362 e. The van der Waals surface area contributed by atoms with E-state index in [9.17, 15) is 0 Å². The SMILES string of the molecule is CCCCCCCCCC(N)CC. The van der Waals surface area contributed by atoms with Crippen LogP contribution in [0.3, 0.4) is 0 Å². The monoisotopic (exact) mass is 185 g/mol. The second kappa shape index (κ2) is 10.0. The van der Waals surface area contributed by atoms with Gasteiger partial charge in [0.2, 0.25) is 0 Å². The first kappa shape index (κ1) is 13.0. The molecular formula is C12H27N. The van der Waals surface area contributed by atoms with Gasteiger partial charge in [-0.15, -0.1) is 0 Å². The summed E-state index contributed by atoms with van der Waals surface area (Å²) < 4.78 is 0. The summed E-state index contributed by atoms with van der Waals surface area (Å²) in [5.74, 6) is 0. The van der Waals surface area contributed by atoms with Crippen LogP contribution in [-0.4, -0.2) is 6.04 Å². The zero-order valence-corrected chi connectivity index (χ0v) is 9.52. The van der Waals surface area contributed by atoms with Gasteiger partial charge in [-0.25, -0.2) is 0 Å². The van der Waals surface area contributed by atoms with Crippen LogP contribution in [0, 0.1) is 0 Å². The molecule has 0 aromatic heterocycles. The average Bonchev–Trinajstić information content (AvgIpc) is 2.16. The predicted molar refractivity (Wildman–Crippen MR) is 60.9 cm³/mol. The second-order valence-corrected chi connectivity index (χ2v) is 4.08. The Hall–Kier alpha value is -0.0400. The van der Waals surface area contributed by atoms with E-state index in [-0.39, 0.29) is 0 Å². The van der Waals surface area contributed by atoms with Gasteiger partial charge in [-0.3, -0.25) is 0 Å². The Labute approximate surface area is 84.1 Å². The molecule has 0 saturated carbocycles. The number of hydrogen-bond donors (Lipinski definition) is 1. The number of unbranched alkanes of at least 4 members (excludes halogenated alkanes) is 6. The quantitative estimate of drug-likeness (QED) is 0.542. The molecule has 0 aliphatic heterocycles. The van der Waals surface area contributed by atoms with E-state index < -0.39 is 0 Å². The highest BCUT2D eigenvalue weighted by Crippen LogP contribution is 2.09. The van der Waals surface area contributed by atoms with Crippen LogP contribution in [0.1, 0.15) is 71.6 Å². The van der Waals surface area contributed by atoms with Crippen LogP contribution in [-0.2, 0) is 0 Å². The minimum Gasteiger partial charge on any atom is -0.328 e. The van der Waals surface area contributed by atoms with Crippen LogP contribution in [0.4, 0.5) is 0 Å². The van der Waals surface area contributed by atoms with Crippen molar-refractivity contribution in [3.63, 3.8) is 0 Å². The number of hydrogen-bond acceptors (Lipinski definition) is 1. The topological polar surface area (TPSA) is 26.0 Å². The lowest BCUT2D eigenvalue weighted by molar-refractivity contribution is 0.522. The summed E-state index contributed by atoms with van der Waals surface area (Å²) in [7, 11) is 0. The molecule has 0 spiro atoms. The first-order valence-corrected chi connectivity index (χ1v) is 6.06. The summed E-state index contributed by atoms with van der Waals surface area (Å²) in [6.07, 6.45) is 12.1. The Morgan fingerprint density at radius 2 is 1.38 bits per heavy atom. The largest absolute Gasteiger partial charge is 0.328 e. The Balaban J connectivity index is 2.91. The molecule has 0 aliphatic carbocycles. The molecule has 0 fully saturated rings. The fraction of sp³-hybridized carbons (Fsp3) is 1.00. The lowest BCUT2D eigenvalue weighted by Gasteiger charge is -2.07. The van der Waals surface area contributed by atoms with Crippen LogP contribution in [0.5, 0.6) is 0 Å². The van der Waals surface area contributed by atoms with E-state index in [1.807, 2.05) is 0 Å². The highest BCUT2D eigenvalue weighted by Gasteiger charge is 1.97. The molecule has 80 valence electrons. The Morgan fingerprint density at radius 3 is 1.92 bits per heavy atom. The third kappa shape index (κ3) is 9.88. The molecule has 1 atom stereocenters. The van der Waals surface area contributed by atoms with Crippen molar-refractivity contribution >= 4 is 0 Å². The first-order chi connectivity index (χ1) is 6.31. The Bertz CT molecular complexity index is 91.1. The van der Waals surface area contributed by atoms with Crippen LogP contribution < -0.4 is 5.73 Å². The summed E-state index contributed by atoms with van der Waals surface area (Å²) >= 11 is 0. The zero-order chi connectivity index (χ0) is 9.94. The maximum Gasteiger partial charge on any atom is 0.00362 e. The molecule has 0 aromatic rings. The molecule has 13 heavy (non-hydrogen) atoms. The normalized spacial score (nSPS) is 13.2. The molecule has 1 unspecified atom stereocenters. The molecular weight excluding hydrogens is 158 g/mol. The van der Waals surface area contributed by atoms with Crippen molar-refractivity contribution in [2.75, 3.05) is 0 Å². The van der Waals surface area contributed by atoms with Gasteiger partial charge < -0.3 is 5.73 Å². The van der Waals surface area contributed by atoms with Crippen molar-refractivity contribution in [2.24, 2.45) is 5.73 Å². The van der Waals surface area contributed by atoms with E-state index in [0.717, 1.165) is 6.42 Å². The number of nitrogens with two attached hydrogens (primary N) is 1. The highest BCUT2D eigenvalue weighted by atomic mass is 14.6. The van der Waals surface area contributed by atoms with Gasteiger partial charge in [0.1, 0.15) is 0 Å². The van der Waals surface area contributed by atoms with Gasteiger partial charge in [0.15, 0.2) is 0 Å². The van der Waals surface area contributed by atoms with Gasteiger partial charge >= 0.3 is 0 Å². The van der Waals surface area contributed by atoms with E-state index in [1.165, 1.54) is 51.4 Å². The van der Waals surface area contributed by atoms with Crippen molar-refractivity contribution in [1.29, 1.82) is 0 Å². The predicted octanol–water partition coefficient (Wildman–Crippen LogP) is 3.86.